The summed E-state index contributed by atoms with van der Waals surface area (Å²) in [5, 5.41) is 5.00. The summed E-state index contributed by atoms with van der Waals surface area (Å²) < 4.78 is 12.3. The molecule has 130 valence electrons. The van der Waals surface area contributed by atoms with Crippen molar-refractivity contribution in [3.63, 3.8) is 0 Å². The second-order valence-corrected chi connectivity index (χ2v) is 6.51. The SMILES string of the molecule is CCCCOB(OCCCC)c1cc2ccccc2c2ccccc12. The molecule has 0 aliphatic heterocycles. The highest BCUT2D eigenvalue weighted by Gasteiger charge is 2.24. The summed E-state index contributed by atoms with van der Waals surface area (Å²) >= 11 is 0. The zero-order chi connectivity index (χ0) is 17.5. The Balaban J connectivity index is 2.04. The smallest absolute Gasteiger partial charge is 0.407 e. The van der Waals surface area contributed by atoms with Gasteiger partial charge in [0.15, 0.2) is 0 Å². The van der Waals surface area contributed by atoms with Crippen LogP contribution in [0.4, 0.5) is 0 Å². The fourth-order valence-electron chi connectivity index (χ4n) is 3.18. The van der Waals surface area contributed by atoms with Gasteiger partial charge in [0.25, 0.3) is 0 Å². The lowest BCUT2D eigenvalue weighted by atomic mass is 9.74. The van der Waals surface area contributed by atoms with Gasteiger partial charge in [-0.2, -0.15) is 0 Å². The van der Waals surface area contributed by atoms with Crippen molar-refractivity contribution in [1.82, 2.24) is 0 Å². The Labute approximate surface area is 151 Å². The van der Waals surface area contributed by atoms with Gasteiger partial charge in [0.1, 0.15) is 0 Å². The Morgan fingerprint density at radius 1 is 0.720 bits per heavy atom. The Morgan fingerprint density at radius 3 is 1.92 bits per heavy atom. The summed E-state index contributed by atoms with van der Waals surface area (Å²) in [6, 6.07) is 19.3. The third kappa shape index (κ3) is 4.23. The normalized spacial score (nSPS) is 11.3. The molecule has 0 aromatic heterocycles. The fourth-order valence-corrected chi connectivity index (χ4v) is 3.18. The molecular weight excluding hydrogens is 307 g/mol. The fraction of sp³-hybridized carbons (Fsp3) is 0.364. The summed E-state index contributed by atoms with van der Waals surface area (Å²) in [6.45, 7) is 5.83. The second-order valence-electron chi connectivity index (χ2n) is 6.51. The molecule has 0 atom stereocenters. The topological polar surface area (TPSA) is 18.5 Å². The van der Waals surface area contributed by atoms with E-state index in [0.717, 1.165) is 44.4 Å². The summed E-state index contributed by atoms with van der Waals surface area (Å²) in [5.41, 5.74) is 1.14. The predicted octanol–water partition coefficient (Wildman–Crippen LogP) is 5.32. The standard InChI is InChI=1S/C22H27BO2/c1-3-5-15-24-23(25-16-6-4-2)22-17-18-11-7-8-12-19(18)20-13-9-10-14-21(20)22/h7-14,17H,3-6,15-16H2,1-2H3. The van der Waals surface area contributed by atoms with Gasteiger partial charge in [-0.3, -0.25) is 0 Å². The van der Waals surface area contributed by atoms with Crippen LogP contribution in [0, 0.1) is 0 Å². The quantitative estimate of drug-likeness (QED) is 0.299. The van der Waals surface area contributed by atoms with Gasteiger partial charge in [0, 0.05) is 13.2 Å². The minimum absolute atomic E-state index is 0.299. The summed E-state index contributed by atoms with van der Waals surface area (Å²) in [7, 11) is -0.299. The van der Waals surface area contributed by atoms with Crippen molar-refractivity contribution in [3.05, 3.63) is 54.6 Å². The van der Waals surface area contributed by atoms with Crippen LogP contribution < -0.4 is 5.46 Å². The van der Waals surface area contributed by atoms with Gasteiger partial charge in [-0.1, -0.05) is 81.3 Å². The maximum absolute atomic E-state index is 6.15. The van der Waals surface area contributed by atoms with Crippen molar-refractivity contribution in [2.24, 2.45) is 0 Å². The zero-order valence-electron chi connectivity index (χ0n) is 15.3. The Hall–Kier alpha value is -1.84. The van der Waals surface area contributed by atoms with Gasteiger partial charge in [-0.05, 0) is 39.8 Å². The van der Waals surface area contributed by atoms with E-state index in [9.17, 15) is 0 Å². The number of unbranched alkanes of at least 4 members (excludes halogenated alkanes) is 2. The Kier molecular flexibility index (Phi) is 6.49. The lowest BCUT2D eigenvalue weighted by molar-refractivity contribution is 0.202. The first-order valence-corrected chi connectivity index (χ1v) is 9.48. The summed E-state index contributed by atoms with van der Waals surface area (Å²) in [4.78, 5) is 0. The molecule has 0 bridgehead atoms. The van der Waals surface area contributed by atoms with Crippen molar-refractivity contribution in [2.45, 2.75) is 39.5 Å². The maximum Gasteiger partial charge on any atom is 0.494 e. The third-order valence-electron chi connectivity index (χ3n) is 4.59. The van der Waals surface area contributed by atoms with Crippen molar-refractivity contribution >= 4 is 34.1 Å². The van der Waals surface area contributed by atoms with E-state index in [1.165, 1.54) is 21.5 Å². The second kappa shape index (κ2) is 9.03. The molecule has 0 radical (unpaired) electrons. The monoisotopic (exact) mass is 334 g/mol. The molecule has 2 nitrogen and oxygen atoms in total. The molecule has 0 aliphatic rings. The number of rotatable bonds is 9. The molecule has 0 saturated heterocycles. The van der Waals surface area contributed by atoms with Crippen molar-refractivity contribution in [1.29, 1.82) is 0 Å². The van der Waals surface area contributed by atoms with Crippen LogP contribution in [0.5, 0.6) is 0 Å². The van der Waals surface area contributed by atoms with Gasteiger partial charge in [0.2, 0.25) is 0 Å². The highest BCUT2D eigenvalue weighted by atomic mass is 16.6. The van der Waals surface area contributed by atoms with E-state index in [1.54, 1.807) is 0 Å². The van der Waals surface area contributed by atoms with Crippen LogP contribution in [0.1, 0.15) is 39.5 Å². The zero-order valence-corrected chi connectivity index (χ0v) is 15.3. The van der Waals surface area contributed by atoms with Crippen LogP contribution in [-0.4, -0.2) is 20.3 Å². The van der Waals surface area contributed by atoms with E-state index in [0.29, 0.717) is 0 Å². The largest absolute Gasteiger partial charge is 0.494 e. The van der Waals surface area contributed by atoms with Crippen molar-refractivity contribution < 1.29 is 9.31 Å². The van der Waals surface area contributed by atoms with Crippen LogP contribution in [0.25, 0.3) is 21.5 Å². The van der Waals surface area contributed by atoms with Gasteiger partial charge in [-0.25, -0.2) is 0 Å². The van der Waals surface area contributed by atoms with E-state index in [1.807, 2.05) is 0 Å². The number of hydrogen-bond donors (Lipinski definition) is 0. The van der Waals surface area contributed by atoms with Crippen LogP contribution in [0.3, 0.4) is 0 Å². The maximum atomic E-state index is 6.15. The average molecular weight is 334 g/mol. The van der Waals surface area contributed by atoms with E-state index < -0.39 is 0 Å². The molecule has 0 spiro atoms. The van der Waals surface area contributed by atoms with Crippen molar-refractivity contribution in [2.75, 3.05) is 13.2 Å². The van der Waals surface area contributed by atoms with Crippen LogP contribution in [-0.2, 0) is 9.31 Å². The third-order valence-corrected chi connectivity index (χ3v) is 4.59. The van der Waals surface area contributed by atoms with Gasteiger partial charge in [-0.15, -0.1) is 0 Å². The minimum Gasteiger partial charge on any atom is -0.407 e. The van der Waals surface area contributed by atoms with Gasteiger partial charge < -0.3 is 9.31 Å². The molecule has 0 saturated carbocycles. The van der Waals surface area contributed by atoms with Crippen molar-refractivity contribution in [3.8, 4) is 0 Å². The van der Waals surface area contributed by atoms with E-state index >= 15 is 0 Å². The van der Waals surface area contributed by atoms with Crippen LogP contribution in [0.2, 0.25) is 0 Å². The first-order valence-electron chi connectivity index (χ1n) is 9.48. The van der Waals surface area contributed by atoms with E-state index in [2.05, 4.69) is 68.4 Å². The van der Waals surface area contributed by atoms with Gasteiger partial charge in [0.05, 0.1) is 0 Å². The molecule has 3 rings (SSSR count). The molecule has 0 amide bonds. The highest BCUT2D eigenvalue weighted by molar-refractivity contribution is 6.65. The molecule has 3 aromatic carbocycles. The first-order chi connectivity index (χ1) is 12.3. The molecule has 0 heterocycles. The molecule has 0 aliphatic carbocycles. The molecule has 25 heavy (non-hydrogen) atoms. The number of hydrogen-bond acceptors (Lipinski definition) is 2. The average Bonchev–Trinajstić information content (AvgIpc) is 2.66. The first kappa shape index (κ1) is 18.0. The van der Waals surface area contributed by atoms with Crippen LogP contribution in [0.15, 0.2) is 54.6 Å². The molecule has 3 heteroatoms. The minimum atomic E-state index is -0.299. The molecule has 0 unspecified atom stereocenters. The number of benzene rings is 3. The predicted molar refractivity (Wildman–Crippen MR) is 109 cm³/mol. The Morgan fingerprint density at radius 2 is 1.28 bits per heavy atom. The Bertz CT molecular complexity index is 805. The van der Waals surface area contributed by atoms with Crippen LogP contribution >= 0.6 is 0 Å². The van der Waals surface area contributed by atoms with Gasteiger partial charge >= 0.3 is 7.12 Å². The molecule has 0 fully saturated rings. The van der Waals surface area contributed by atoms with E-state index in [4.69, 9.17) is 9.31 Å². The molecule has 3 aromatic rings. The molecular formula is C22H27BO2. The highest BCUT2D eigenvalue weighted by Crippen LogP contribution is 2.24. The lowest BCUT2D eigenvalue weighted by Crippen LogP contribution is -2.38. The molecule has 0 N–H and O–H groups in total. The number of fused-ring (bicyclic) bond motifs is 3. The summed E-state index contributed by atoms with van der Waals surface area (Å²) in [6.07, 6.45) is 4.36. The van der Waals surface area contributed by atoms with E-state index in [-0.39, 0.29) is 7.12 Å². The lowest BCUT2D eigenvalue weighted by Gasteiger charge is -2.18. The summed E-state index contributed by atoms with van der Waals surface area (Å²) in [5.74, 6) is 0.